The zero-order chi connectivity index (χ0) is 18.2. The van der Waals surface area contributed by atoms with E-state index in [-0.39, 0.29) is 29.7 Å². The lowest BCUT2D eigenvalue weighted by Crippen LogP contribution is -2.42. The van der Waals surface area contributed by atoms with E-state index in [4.69, 9.17) is 9.47 Å². The number of nitrogens with zero attached hydrogens (tertiary/aromatic N) is 3. The largest absolute Gasteiger partial charge is 0.481 e. The van der Waals surface area contributed by atoms with Crippen molar-refractivity contribution < 1.29 is 19.1 Å². The van der Waals surface area contributed by atoms with Crippen LogP contribution in [0, 0.1) is 11.8 Å². The lowest BCUT2D eigenvalue weighted by atomic mass is 9.56. The molecule has 1 fully saturated rings. The van der Waals surface area contributed by atoms with Crippen molar-refractivity contribution in [2.24, 2.45) is 11.8 Å². The van der Waals surface area contributed by atoms with Gasteiger partial charge in [-0.2, -0.15) is 9.97 Å². The molecule has 3 aliphatic carbocycles. The Kier molecular flexibility index (Phi) is 2.96. The maximum Gasteiger partial charge on any atom is 0.319 e. The molecule has 1 aromatic heterocycles. The molecule has 26 heavy (non-hydrogen) atoms. The van der Waals surface area contributed by atoms with Crippen LogP contribution in [0.15, 0.2) is 24.3 Å². The Bertz CT molecular complexity index is 973. The van der Waals surface area contributed by atoms with E-state index >= 15 is 0 Å². The van der Waals surface area contributed by atoms with E-state index in [1.54, 1.807) is 14.2 Å². The third kappa shape index (κ3) is 1.63. The lowest BCUT2D eigenvalue weighted by molar-refractivity contribution is -0.138. The Morgan fingerprint density at radius 1 is 0.923 bits per heavy atom. The van der Waals surface area contributed by atoms with Crippen molar-refractivity contribution in [1.82, 2.24) is 14.9 Å². The summed E-state index contributed by atoms with van der Waals surface area (Å²) in [6.07, 6.45) is 0. The van der Waals surface area contributed by atoms with Crippen molar-refractivity contribution in [2.45, 2.75) is 11.8 Å². The molecule has 4 aliphatic rings. The molecule has 0 radical (unpaired) electrons. The van der Waals surface area contributed by atoms with Gasteiger partial charge in [0.1, 0.15) is 0 Å². The summed E-state index contributed by atoms with van der Waals surface area (Å²) in [7, 11) is 4.60. The lowest BCUT2D eigenvalue weighted by Gasteiger charge is -2.45. The molecule has 7 heteroatoms. The molecule has 2 bridgehead atoms. The van der Waals surface area contributed by atoms with Crippen molar-refractivity contribution in [3.63, 3.8) is 0 Å². The highest BCUT2D eigenvalue weighted by Gasteiger charge is 2.62. The SMILES string of the molecule is COc1nc(OC)c2c(n1)[C@H]1c3ccccc3[C@@H]2[C@H]2C(=O)N(C)C(=O)[C@@H]12. The molecule has 0 N–H and O–H groups in total. The van der Waals surface area contributed by atoms with Gasteiger partial charge in [-0.25, -0.2) is 0 Å². The number of carbonyl (C=O) groups is 2. The topological polar surface area (TPSA) is 81.6 Å². The molecule has 2 amide bonds. The number of aromatic nitrogens is 2. The minimum atomic E-state index is -0.441. The Morgan fingerprint density at radius 2 is 1.54 bits per heavy atom. The average Bonchev–Trinajstić information content (AvgIpc) is 2.91. The monoisotopic (exact) mass is 351 g/mol. The van der Waals surface area contributed by atoms with Crippen LogP contribution in [0.25, 0.3) is 0 Å². The average molecular weight is 351 g/mol. The predicted octanol–water partition coefficient (Wildman–Crippen LogP) is 1.32. The Labute approximate surface area is 150 Å². The van der Waals surface area contributed by atoms with E-state index in [1.165, 1.54) is 12.0 Å². The molecule has 1 aliphatic heterocycles. The number of hydrogen-bond acceptors (Lipinski definition) is 6. The summed E-state index contributed by atoms with van der Waals surface area (Å²) >= 11 is 0. The fraction of sp³-hybridized carbons (Fsp3) is 0.368. The van der Waals surface area contributed by atoms with Gasteiger partial charge in [0, 0.05) is 24.4 Å². The number of benzene rings is 1. The molecule has 2 heterocycles. The van der Waals surface area contributed by atoms with Crippen LogP contribution in [-0.2, 0) is 9.59 Å². The van der Waals surface area contributed by atoms with E-state index in [2.05, 4.69) is 9.97 Å². The second-order valence-electron chi connectivity index (χ2n) is 6.89. The quantitative estimate of drug-likeness (QED) is 0.759. The summed E-state index contributed by atoms with van der Waals surface area (Å²) in [6.45, 7) is 0. The minimum absolute atomic E-state index is 0.145. The zero-order valence-electron chi connectivity index (χ0n) is 14.6. The summed E-state index contributed by atoms with van der Waals surface area (Å²) < 4.78 is 10.8. The molecule has 7 nitrogen and oxygen atoms in total. The van der Waals surface area contributed by atoms with Gasteiger partial charge in [-0.3, -0.25) is 14.5 Å². The molecule has 1 aromatic carbocycles. The number of ether oxygens (including phenoxy) is 2. The standard InChI is InChI=1S/C19H17N3O4/c1-22-17(23)12-10-8-6-4-5-7-9(8)11(13(12)18(22)24)15-14(10)16(25-2)21-19(20-15)26-3/h4-7,10-13H,1-3H3/t10-,11+,12-,13+/m1/s1. The zero-order valence-corrected chi connectivity index (χ0v) is 14.6. The van der Waals surface area contributed by atoms with Crippen molar-refractivity contribution >= 4 is 11.8 Å². The predicted molar refractivity (Wildman–Crippen MR) is 90.0 cm³/mol. The number of imide groups is 1. The van der Waals surface area contributed by atoms with Crippen molar-refractivity contribution in [3.05, 3.63) is 46.6 Å². The Balaban J connectivity index is 1.86. The number of amides is 2. The number of carbonyl (C=O) groups excluding carboxylic acids is 2. The summed E-state index contributed by atoms with van der Waals surface area (Å²) in [6, 6.07) is 8.15. The fourth-order valence-electron chi connectivity index (χ4n) is 4.90. The van der Waals surface area contributed by atoms with Crippen molar-refractivity contribution in [1.29, 1.82) is 0 Å². The maximum atomic E-state index is 12.9. The number of methoxy groups -OCH3 is 2. The second-order valence-corrected chi connectivity index (χ2v) is 6.89. The molecule has 2 aromatic rings. The van der Waals surface area contributed by atoms with E-state index in [9.17, 15) is 9.59 Å². The molecular weight excluding hydrogens is 334 g/mol. The maximum absolute atomic E-state index is 12.9. The highest BCUT2D eigenvalue weighted by Crippen LogP contribution is 2.62. The van der Waals surface area contributed by atoms with Crippen LogP contribution in [0.2, 0.25) is 0 Å². The van der Waals surface area contributed by atoms with E-state index in [0.29, 0.717) is 5.88 Å². The molecule has 0 spiro atoms. The molecule has 1 saturated heterocycles. The van der Waals surface area contributed by atoms with Gasteiger partial charge < -0.3 is 9.47 Å². The smallest absolute Gasteiger partial charge is 0.319 e. The Morgan fingerprint density at radius 3 is 2.15 bits per heavy atom. The van der Waals surface area contributed by atoms with Crippen LogP contribution in [-0.4, -0.2) is 47.9 Å². The van der Waals surface area contributed by atoms with Crippen molar-refractivity contribution in [3.8, 4) is 11.9 Å². The molecular formula is C19H17N3O4. The molecule has 132 valence electrons. The van der Waals surface area contributed by atoms with Crippen LogP contribution >= 0.6 is 0 Å². The third-order valence-electron chi connectivity index (χ3n) is 5.90. The molecule has 0 saturated carbocycles. The van der Waals surface area contributed by atoms with Gasteiger partial charge in [0.25, 0.3) is 0 Å². The first-order chi connectivity index (χ1) is 12.6. The summed E-state index contributed by atoms with van der Waals surface area (Å²) in [5, 5.41) is 0. The van der Waals surface area contributed by atoms with E-state index in [0.717, 1.165) is 22.4 Å². The van der Waals surface area contributed by atoms with Crippen LogP contribution < -0.4 is 9.47 Å². The number of rotatable bonds is 2. The molecule has 0 unspecified atom stereocenters. The van der Waals surface area contributed by atoms with E-state index < -0.39 is 11.8 Å². The van der Waals surface area contributed by atoms with E-state index in [1.807, 2.05) is 24.3 Å². The van der Waals surface area contributed by atoms with Crippen LogP contribution in [0.4, 0.5) is 0 Å². The van der Waals surface area contributed by atoms with Gasteiger partial charge in [0.15, 0.2) is 0 Å². The van der Waals surface area contributed by atoms with Gasteiger partial charge in [-0.15, -0.1) is 0 Å². The highest BCUT2D eigenvalue weighted by atomic mass is 16.5. The number of likely N-dealkylation sites (tertiary alicyclic amines) is 1. The first kappa shape index (κ1) is 15.3. The van der Waals surface area contributed by atoms with Crippen molar-refractivity contribution in [2.75, 3.05) is 21.3 Å². The van der Waals surface area contributed by atoms with Crippen LogP contribution in [0.3, 0.4) is 0 Å². The second kappa shape index (κ2) is 5.03. The fourth-order valence-corrected chi connectivity index (χ4v) is 4.90. The summed E-state index contributed by atoms with van der Waals surface area (Å²) in [5.41, 5.74) is 3.63. The molecule has 6 rings (SSSR count). The first-order valence-corrected chi connectivity index (χ1v) is 8.48. The summed E-state index contributed by atoms with van der Waals surface area (Å²) in [5.74, 6) is -1.36. The third-order valence-corrected chi connectivity index (χ3v) is 5.90. The minimum Gasteiger partial charge on any atom is -0.481 e. The van der Waals surface area contributed by atoms with Gasteiger partial charge in [0.05, 0.1) is 31.7 Å². The summed E-state index contributed by atoms with van der Waals surface area (Å²) in [4.78, 5) is 35.9. The highest BCUT2D eigenvalue weighted by molar-refractivity contribution is 6.07. The van der Waals surface area contributed by atoms with Gasteiger partial charge >= 0.3 is 6.01 Å². The first-order valence-electron chi connectivity index (χ1n) is 8.48. The van der Waals surface area contributed by atoms with Gasteiger partial charge in [-0.05, 0) is 11.1 Å². The van der Waals surface area contributed by atoms with Crippen LogP contribution in [0.1, 0.15) is 34.2 Å². The van der Waals surface area contributed by atoms with Gasteiger partial charge in [0.2, 0.25) is 17.7 Å². The normalized spacial score (nSPS) is 27.9. The number of hydrogen-bond donors (Lipinski definition) is 0. The molecule has 4 atom stereocenters. The Hall–Kier alpha value is -2.96. The van der Waals surface area contributed by atoms with Crippen LogP contribution in [0.5, 0.6) is 11.9 Å². The van der Waals surface area contributed by atoms with Gasteiger partial charge in [-0.1, -0.05) is 24.3 Å².